The summed E-state index contributed by atoms with van der Waals surface area (Å²) in [5.74, 6) is 1.91. The van der Waals surface area contributed by atoms with Crippen molar-refractivity contribution in [3.05, 3.63) is 193 Å². The molecule has 11 rings (SSSR count). The molecule has 0 radical (unpaired) electrons. The Balaban J connectivity index is 1.03. The van der Waals surface area contributed by atoms with Gasteiger partial charge in [0.25, 0.3) is 0 Å². The minimum Gasteiger partial charge on any atom is -0.208 e. The number of nitriles is 1. The number of hydrogen-bond donors (Lipinski definition) is 0. The van der Waals surface area contributed by atoms with Crippen LogP contribution in [0.25, 0.3) is 106 Å². The molecule has 4 nitrogen and oxygen atoms in total. The van der Waals surface area contributed by atoms with Crippen molar-refractivity contribution in [2.75, 3.05) is 0 Å². The second-order valence-electron chi connectivity index (χ2n) is 14.9. The van der Waals surface area contributed by atoms with E-state index in [4.69, 9.17) is 15.0 Å². The van der Waals surface area contributed by atoms with Gasteiger partial charge in [-0.05, 0) is 103 Å². The van der Waals surface area contributed by atoms with E-state index in [0.29, 0.717) is 23.0 Å². The molecule has 0 saturated carbocycles. The minimum atomic E-state index is 0.629. The number of nitrogens with zero attached hydrogens (tertiary/aromatic N) is 4. The van der Waals surface area contributed by atoms with E-state index in [0.717, 1.165) is 67.9 Å². The van der Waals surface area contributed by atoms with Crippen LogP contribution in [0.3, 0.4) is 0 Å². The van der Waals surface area contributed by atoms with Crippen molar-refractivity contribution in [2.45, 2.75) is 12.8 Å². The van der Waals surface area contributed by atoms with Crippen molar-refractivity contribution >= 4 is 27.1 Å². The fourth-order valence-electron chi connectivity index (χ4n) is 8.72. The summed E-state index contributed by atoms with van der Waals surface area (Å²) in [6, 6.07) is 59.7. The van der Waals surface area contributed by atoms with Gasteiger partial charge in [-0.1, -0.05) is 164 Å². The Morgan fingerprint density at radius 1 is 0.397 bits per heavy atom. The van der Waals surface area contributed by atoms with Gasteiger partial charge in [0.05, 0.1) is 11.6 Å². The number of fused-ring (bicyclic) bond motifs is 4. The Morgan fingerprint density at radius 3 is 1.55 bits per heavy atom. The molecule has 0 atom stereocenters. The van der Waals surface area contributed by atoms with Crippen molar-refractivity contribution < 1.29 is 0 Å². The Hall–Kier alpha value is -7.74. The smallest absolute Gasteiger partial charge is 0.164 e. The maximum atomic E-state index is 10.2. The standard InChI is InChI=1S/C54H34N4/c55-33-42-15-7-8-16-43(42)47-29-30-49-46-18-10-9-17-45(46)48-28-27-44(50(47)51(48)49)40-25-23-39-32-41(26-24-38(39)31-40)54-57-52(36-13-5-2-6-14-36)56-53(58-54)37-21-19-35(20-22-37)34-11-3-1-4-12-34/h2-3,5-32H,1,4H2. The summed E-state index contributed by atoms with van der Waals surface area (Å²) in [6.45, 7) is 0. The number of benzene rings is 8. The Labute approximate surface area is 336 Å². The molecule has 1 aromatic heterocycles. The fraction of sp³-hybridized carbons (Fsp3) is 0.0370. The maximum Gasteiger partial charge on any atom is 0.164 e. The summed E-state index contributed by atoms with van der Waals surface area (Å²) >= 11 is 0. The van der Waals surface area contributed by atoms with Crippen molar-refractivity contribution in [1.29, 1.82) is 5.26 Å². The molecule has 0 N–H and O–H groups in total. The van der Waals surface area contributed by atoms with Crippen LogP contribution in [0.1, 0.15) is 24.0 Å². The topological polar surface area (TPSA) is 62.5 Å². The average Bonchev–Trinajstić information content (AvgIpc) is 3.63. The van der Waals surface area contributed by atoms with Gasteiger partial charge in [-0.15, -0.1) is 0 Å². The third kappa shape index (κ3) is 5.64. The van der Waals surface area contributed by atoms with Crippen LogP contribution in [0.4, 0.5) is 0 Å². The van der Waals surface area contributed by atoms with Crippen LogP contribution in [-0.2, 0) is 0 Å². The van der Waals surface area contributed by atoms with Crippen LogP contribution < -0.4 is 0 Å². The van der Waals surface area contributed by atoms with E-state index in [1.165, 1.54) is 38.8 Å². The molecule has 2 aliphatic carbocycles. The summed E-state index contributed by atoms with van der Waals surface area (Å²) in [5, 5.41) is 14.8. The molecule has 1 heterocycles. The zero-order valence-corrected chi connectivity index (χ0v) is 31.5. The Kier molecular flexibility index (Phi) is 7.98. The second-order valence-corrected chi connectivity index (χ2v) is 14.9. The fourth-order valence-corrected chi connectivity index (χ4v) is 8.72. The molecule has 270 valence electrons. The second kappa shape index (κ2) is 13.8. The first-order chi connectivity index (χ1) is 28.7. The van der Waals surface area contributed by atoms with Gasteiger partial charge >= 0.3 is 0 Å². The molecule has 0 bridgehead atoms. The highest BCUT2D eigenvalue weighted by Gasteiger charge is 2.25. The summed E-state index contributed by atoms with van der Waals surface area (Å²) in [6.07, 6.45) is 8.89. The van der Waals surface area contributed by atoms with Gasteiger partial charge in [0.2, 0.25) is 0 Å². The highest BCUT2D eigenvalue weighted by molar-refractivity contribution is 6.23. The van der Waals surface area contributed by atoms with Crippen molar-refractivity contribution in [3.8, 4) is 84.7 Å². The first-order valence-electron chi connectivity index (χ1n) is 19.7. The minimum absolute atomic E-state index is 0.629. The maximum absolute atomic E-state index is 10.2. The quantitative estimate of drug-likeness (QED) is 0.170. The van der Waals surface area contributed by atoms with Crippen LogP contribution in [0, 0.1) is 11.3 Å². The first-order valence-corrected chi connectivity index (χ1v) is 19.7. The zero-order valence-electron chi connectivity index (χ0n) is 31.5. The van der Waals surface area contributed by atoms with Crippen molar-refractivity contribution in [1.82, 2.24) is 15.0 Å². The van der Waals surface area contributed by atoms with E-state index in [2.05, 4.69) is 140 Å². The first kappa shape index (κ1) is 33.6. The molecule has 0 amide bonds. The summed E-state index contributed by atoms with van der Waals surface area (Å²) < 4.78 is 0. The largest absolute Gasteiger partial charge is 0.208 e. The van der Waals surface area contributed by atoms with Crippen LogP contribution >= 0.6 is 0 Å². The summed E-state index contributed by atoms with van der Waals surface area (Å²) in [7, 11) is 0. The van der Waals surface area contributed by atoms with E-state index in [1.807, 2.05) is 48.5 Å². The molecule has 58 heavy (non-hydrogen) atoms. The van der Waals surface area contributed by atoms with Gasteiger partial charge < -0.3 is 0 Å². The third-order valence-corrected chi connectivity index (χ3v) is 11.6. The molecule has 2 aliphatic rings. The SMILES string of the molecule is N#Cc1ccccc1-c1ccc2c3c(ccc(-c4ccc5cc(-c6nc(-c7ccccc7)nc(-c7ccc(C8=CCCC=C8)cc7)n6)ccc5c4)c13)-c1ccccc1-2. The lowest BCUT2D eigenvalue weighted by atomic mass is 9.87. The monoisotopic (exact) mass is 738 g/mol. The van der Waals surface area contributed by atoms with Gasteiger partial charge in [-0.3, -0.25) is 0 Å². The molecule has 0 unspecified atom stereocenters. The molecular weight excluding hydrogens is 705 g/mol. The van der Waals surface area contributed by atoms with E-state index in [9.17, 15) is 5.26 Å². The lowest BCUT2D eigenvalue weighted by Gasteiger charge is -2.16. The molecular formula is C54H34N4. The molecule has 0 aliphatic heterocycles. The molecule has 0 saturated heterocycles. The van der Waals surface area contributed by atoms with E-state index in [1.54, 1.807) is 0 Å². The predicted molar refractivity (Wildman–Crippen MR) is 238 cm³/mol. The van der Waals surface area contributed by atoms with Gasteiger partial charge in [0.15, 0.2) is 17.5 Å². The van der Waals surface area contributed by atoms with E-state index >= 15 is 0 Å². The summed E-state index contributed by atoms with van der Waals surface area (Å²) in [5.41, 5.74) is 15.1. The average molecular weight is 739 g/mol. The van der Waals surface area contributed by atoms with Crippen LogP contribution in [0.2, 0.25) is 0 Å². The lowest BCUT2D eigenvalue weighted by Crippen LogP contribution is -2.00. The van der Waals surface area contributed by atoms with Gasteiger partial charge in [0.1, 0.15) is 0 Å². The molecule has 8 aromatic carbocycles. The number of allylic oxidation sites excluding steroid dienone is 4. The van der Waals surface area contributed by atoms with Crippen molar-refractivity contribution in [2.24, 2.45) is 0 Å². The zero-order chi connectivity index (χ0) is 38.6. The highest BCUT2D eigenvalue weighted by atomic mass is 15.0. The number of hydrogen-bond acceptors (Lipinski definition) is 4. The molecule has 0 fully saturated rings. The molecule has 0 spiro atoms. The normalized spacial score (nSPS) is 12.7. The van der Waals surface area contributed by atoms with Crippen LogP contribution in [-0.4, -0.2) is 15.0 Å². The van der Waals surface area contributed by atoms with Gasteiger partial charge in [0, 0.05) is 22.3 Å². The number of aromatic nitrogens is 3. The van der Waals surface area contributed by atoms with E-state index < -0.39 is 0 Å². The predicted octanol–water partition coefficient (Wildman–Crippen LogP) is 13.8. The van der Waals surface area contributed by atoms with Crippen molar-refractivity contribution in [3.63, 3.8) is 0 Å². The van der Waals surface area contributed by atoms with Gasteiger partial charge in [-0.25, -0.2) is 15.0 Å². The summed E-state index contributed by atoms with van der Waals surface area (Å²) in [4.78, 5) is 15.1. The van der Waals surface area contributed by atoms with Crippen LogP contribution in [0.5, 0.6) is 0 Å². The Morgan fingerprint density at radius 2 is 0.897 bits per heavy atom. The molecule has 9 aromatic rings. The van der Waals surface area contributed by atoms with E-state index in [-0.39, 0.29) is 0 Å². The highest BCUT2D eigenvalue weighted by Crippen LogP contribution is 2.52. The Bertz CT molecular complexity index is 3190. The van der Waals surface area contributed by atoms with Crippen LogP contribution in [0.15, 0.2) is 182 Å². The third-order valence-electron chi connectivity index (χ3n) is 11.6. The number of rotatable bonds is 6. The van der Waals surface area contributed by atoms with Gasteiger partial charge in [-0.2, -0.15) is 5.26 Å². The molecule has 4 heteroatoms. The lowest BCUT2D eigenvalue weighted by molar-refractivity contribution is 1.04.